The summed E-state index contributed by atoms with van der Waals surface area (Å²) >= 11 is 0. The second-order valence-electron chi connectivity index (χ2n) is 5.84. The number of ether oxygens (including phenoxy) is 4. The normalized spacial score (nSPS) is 23.5. The molecule has 4 atom stereocenters. The SMILES string of the molecule is CC(=O)OC[C@H]1O[C@@H](n2cc(C#N)c(=O)[nH]c2=O)[C@H](OC(C)=O)[C@@H]1OC(C)=O. The van der Waals surface area contributed by atoms with Crippen LogP contribution in [0.4, 0.5) is 0 Å². The maximum Gasteiger partial charge on any atom is 0.330 e. The van der Waals surface area contributed by atoms with Crippen molar-refractivity contribution in [2.75, 3.05) is 6.61 Å². The van der Waals surface area contributed by atoms with E-state index in [0.717, 1.165) is 31.5 Å². The topological polar surface area (TPSA) is 167 Å². The molecule has 1 aromatic rings. The third-order valence-corrected chi connectivity index (χ3v) is 3.70. The molecule has 0 unspecified atom stereocenters. The van der Waals surface area contributed by atoms with Crippen molar-refractivity contribution in [3.8, 4) is 6.07 Å². The summed E-state index contributed by atoms with van der Waals surface area (Å²) in [6.45, 7) is 3.01. The van der Waals surface area contributed by atoms with E-state index in [2.05, 4.69) is 0 Å². The third kappa shape index (κ3) is 4.63. The molecule has 1 aliphatic rings. The largest absolute Gasteiger partial charge is 0.463 e. The Balaban J connectivity index is 2.51. The molecule has 1 N–H and O–H groups in total. The van der Waals surface area contributed by atoms with Crippen molar-refractivity contribution < 1.29 is 33.3 Å². The minimum absolute atomic E-state index is 0.356. The molecule has 0 amide bonds. The van der Waals surface area contributed by atoms with E-state index in [4.69, 9.17) is 24.2 Å². The summed E-state index contributed by atoms with van der Waals surface area (Å²) in [4.78, 5) is 59.9. The highest BCUT2D eigenvalue weighted by molar-refractivity contribution is 5.68. The number of aromatic amines is 1. The van der Waals surface area contributed by atoms with Gasteiger partial charge >= 0.3 is 23.6 Å². The number of nitrogens with zero attached hydrogens (tertiary/aromatic N) is 2. The highest BCUT2D eigenvalue weighted by Gasteiger charge is 2.51. The summed E-state index contributed by atoms with van der Waals surface area (Å²) in [5.74, 6) is -2.13. The van der Waals surface area contributed by atoms with E-state index in [1.54, 1.807) is 6.07 Å². The van der Waals surface area contributed by atoms with E-state index >= 15 is 0 Å². The highest BCUT2D eigenvalue weighted by Crippen LogP contribution is 2.33. The smallest absolute Gasteiger partial charge is 0.330 e. The van der Waals surface area contributed by atoms with Crippen molar-refractivity contribution >= 4 is 17.9 Å². The van der Waals surface area contributed by atoms with E-state index in [9.17, 15) is 24.0 Å². The molecule has 0 aromatic carbocycles. The van der Waals surface area contributed by atoms with Gasteiger partial charge in [0.25, 0.3) is 5.56 Å². The molecule has 0 aliphatic carbocycles. The molecule has 28 heavy (non-hydrogen) atoms. The summed E-state index contributed by atoms with van der Waals surface area (Å²) in [6.07, 6.45) is -4.02. The fourth-order valence-electron chi connectivity index (χ4n) is 2.67. The number of carbonyl (C=O) groups excluding carboxylic acids is 3. The Labute approximate surface area is 157 Å². The number of carbonyl (C=O) groups is 3. The van der Waals surface area contributed by atoms with Crippen LogP contribution in [0, 0.1) is 11.3 Å². The summed E-state index contributed by atoms with van der Waals surface area (Å²) in [5, 5.41) is 9.02. The Morgan fingerprint density at radius 3 is 2.29 bits per heavy atom. The van der Waals surface area contributed by atoms with Crippen LogP contribution in [0.15, 0.2) is 15.8 Å². The van der Waals surface area contributed by atoms with E-state index in [1.807, 2.05) is 4.98 Å². The molecule has 0 bridgehead atoms. The number of hydrogen-bond donors (Lipinski definition) is 1. The van der Waals surface area contributed by atoms with Gasteiger partial charge in [-0.1, -0.05) is 0 Å². The van der Waals surface area contributed by atoms with Crippen LogP contribution in [0.5, 0.6) is 0 Å². The van der Waals surface area contributed by atoms with Crippen molar-refractivity contribution in [3.63, 3.8) is 0 Å². The molecule has 2 rings (SSSR count). The van der Waals surface area contributed by atoms with E-state index < -0.39 is 59.3 Å². The van der Waals surface area contributed by atoms with E-state index in [-0.39, 0.29) is 6.61 Å². The van der Waals surface area contributed by atoms with E-state index in [0.29, 0.717) is 0 Å². The van der Waals surface area contributed by atoms with Gasteiger partial charge in [-0.05, 0) is 0 Å². The average Bonchev–Trinajstić information content (AvgIpc) is 2.89. The molecule has 1 fully saturated rings. The minimum atomic E-state index is -1.36. The molecular formula is C16H17N3O9. The first-order valence-corrected chi connectivity index (χ1v) is 8.03. The fourth-order valence-corrected chi connectivity index (χ4v) is 2.67. The van der Waals surface area contributed by atoms with Gasteiger partial charge in [-0.15, -0.1) is 0 Å². The van der Waals surface area contributed by atoms with Gasteiger partial charge in [0.05, 0.1) is 0 Å². The van der Waals surface area contributed by atoms with Gasteiger partial charge in [0.1, 0.15) is 24.3 Å². The molecule has 1 aromatic heterocycles. The molecule has 2 heterocycles. The molecular weight excluding hydrogens is 378 g/mol. The molecule has 1 aliphatic heterocycles. The predicted octanol–water partition coefficient (Wildman–Crippen LogP) is -1.27. The number of esters is 3. The van der Waals surface area contributed by atoms with Crippen LogP contribution in [-0.4, -0.2) is 52.4 Å². The number of aromatic nitrogens is 2. The second kappa shape index (κ2) is 8.49. The van der Waals surface area contributed by atoms with Crippen LogP contribution in [0.25, 0.3) is 0 Å². The Morgan fingerprint density at radius 1 is 1.14 bits per heavy atom. The van der Waals surface area contributed by atoms with E-state index in [1.165, 1.54) is 0 Å². The molecule has 1 saturated heterocycles. The highest BCUT2D eigenvalue weighted by atomic mass is 16.7. The van der Waals surface area contributed by atoms with Crippen molar-refractivity contribution in [2.24, 2.45) is 0 Å². The number of nitriles is 1. The van der Waals surface area contributed by atoms with Crippen molar-refractivity contribution in [1.82, 2.24) is 9.55 Å². The zero-order valence-electron chi connectivity index (χ0n) is 15.2. The summed E-state index contributed by atoms with van der Waals surface area (Å²) in [7, 11) is 0. The number of hydrogen-bond acceptors (Lipinski definition) is 10. The minimum Gasteiger partial charge on any atom is -0.463 e. The summed E-state index contributed by atoms with van der Waals surface area (Å²) < 4.78 is 21.7. The van der Waals surface area contributed by atoms with Crippen LogP contribution in [0.1, 0.15) is 32.6 Å². The van der Waals surface area contributed by atoms with Crippen molar-refractivity contribution in [1.29, 1.82) is 5.26 Å². The van der Waals surface area contributed by atoms with Crippen LogP contribution in [0.2, 0.25) is 0 Å². The van der Waals surface area contributed by atoms with Crippen molar-refractivity contribution in [3.05, 3.63) is 32.6 Å². The van der Waals surface area contributed by atoms with Gasteiger partial charge in [0.15, 0.2) is 18.4 Å². The molecule has 0 spiro atoms. The quantitative estimate of drug-likeness (QED) is 0.469. The number of H-pyrrole nitrogens is 1. The van der Waals surface area contributed by atoms with Gasteiger partial charge in [-0.3, -0.25) is 28.7 Å². The van der Waals surface area contributed by atoms with Crippen LogP contribution < -0.4 is 11.2 Å². The molecule has 0 radical (unpaired) electrons. The second-order valence-corrected chi connectivity index (χ2v) is 5.84. The lowest BCUT2D eigenvalue weighted by atomic mass is 10.1. The number of rotatable bonds is 5. The molecule has 150 valence electrons. The zero-order valence-corrected chi connectivity index (χ0v) is 15.2. The first-order valence-electron chi connectivity index (χ1n) is 8.03. The summed E-state index contributed by atoms with van der Waals surface area (Å²) in [5.41, 5.74) is -2.24. The van der Waals surface area contributed by atoms with Gasteiger partial charge in [0.2, 0.25) is 0 Å². The van der Waals surface area contributed by atoms with Crippen LogP contribution in [0.3, 0.4) is 0 Å². The zero-order chi connectivity index (χ0) is 21.0. The van der Waals surface area contributed by atoms with Gasteiger partial charge in [-0.2, -0.15) is 5.26 Å². The predicted molar refractivity (Wildman–Crippen MR) is 87.7 cm³/mol. The average molecular weight is 395 g/mol. The lowest BCUT2D eigenvalue weighted by Crippen LogP contribution is -2.42. The lowest BCUT2D eigenvalue weighted by Gasteiger charge is -2.23. The maximum atomic E-state index is 12.2. The maximum absolute atomic E-state index is 12.2. The Bertz CT molecular complexity index is 942. The van der Waals surface area contributed by atoms with Gasteiger partial charge < -0.3 is 18.9 Å². The monoisotopic (exact) mass is 395 g/mol. The fraction of sp³-hybridized carbons (Fsp3) is 0.500. The lowest BCUT2D eigenvalue weighted by molar-refractivity contribution is -0.166. The molecule has 12 nitrogen and oxygen atoms in total. The van der Waals surface area contributed by atoms with Crippen LogP contribution in [-0.2, 0) is 33.3 Å². The standard InChI is InChI=1S/C16H17N3O9/c1-7(20)25-6-11-12(26-8(2)21)13(27-9(3)22)15(28-11)19-5-10(4-17)14(23)18-16(19)24/h5,11-13,15H,6H2,1-3H3,(H,18,23,24)/t11-,12-,13-,15-/m1/s1. The van der Waals surface area contributed by atoms with Crippen molar-refractivity contribution in [2.45, 2.75) is 45.3 Å². The van der Waals surface area contributed by atoms with Gasteiger partial charge in [0, 0.05) is 27.0 Å². The first kappa shape index (κ1) is 20.8. The Kier molecular flexibility index (Phi) is 6.32. The van der Waals surface area contributed by atoms with Gasteiger partial charge in [-0.25, -0.2) is 4.79 Å². The van der Waals surface area contributed by atoms with Crippen LogP contribution >= 0.6 is 0 Å². The number of nitrogens with one attached hydrogen (secondary N) is 1. The Hall–Kier alpha value is -3.46. The molecule has 12 heteroatoms. The Morgan fingerprint density at radius 2 is 1.75 bits per heavy atom. The summed E-state index contributed by atoms with van der Waals surface area (Å²) in [6, 6.07) is 1.62. The molecule has 0 saturated carbocycles. The first-order chi connectivity index (χ1) is 13.1. The third-order valence-electron chi connectivity index (χ3n) is 3.70.